The van der Waals surface area contributed by atoms with Gasteiger partial charge in [-0.25, -0.2) is 0 Å². The van der Waals surface area contributed by atoms with Crippen molar-refractivity contribution in [2.75, 3.05) is 4.90 Å². The molecule has 0 radical (unpaired) electrons. The van der Waals surface area contributed by atoms with E-state index in [1.165, 1.54) is 49.6 Å². The topological polar surface area (TPSA) is 3.24 Å². The van der Waals surface area contributed by atoms with Crippen LogP contribution >= 0.6 is 11.6 Å². The number of hydrogen-bond donors (Lipinski definition) is 0. The number of hydrogen-bond acceptors (Lipinski definition) is 1. The molecule has 6 aromatic carbocycles. The van der Waals surface area contributed by atoms with Crippen molar-refractivity contribution in [1.82, 2.24) is 0 Å². The van der Waals surface area contributed by atoms with Gasteiger partial charge in [-0.05, 0) is 45.5 Å². The summed E-state index contributed by atoms with van der Waals surface area (Å²) in [5, 5.41) is 5.72. The Morgan fingerprint density at radius 1 is 0.541 bits per heavy atom. The van der Waals surface area contributed by atoms with Gasteiger partial charge < -0.3 is 4.90 Å². The minimum Gasteiger partial charge on any atom is -0.309 e. The third-order valence-electron chi connectivity index (χ3n) is 7.88. The van der Waals surface area contributed by atoms with Gasteiger partial charge in [0.05, 0.1) is 17.1 Å². The first-order chi connectivity index (χ1) is 18.1. The molecule has 0 saturated heterocycles. The number of halogens is 1. The van der Waals surface area contributed by atoms with E-state index >= 15 is 0 Å². The molecule has 37 heavy (non-hydrogen) atoms. The highest BCUT2D eigenvalue weighted by Crippen LogP contribution is 2.56. The SMILES string of the molecule is CC1(C)c2ccccc2N(c2c(-c3cccc4ccccc34)ccc3ccccc23)c2cccc(Cl)c21. The number of fused-ring (bicyclic) bond motifs is 4. The maximum absolute atomic E-state index is 6.97. The molecule has 0 amide bonds. The second kappa shape index (κ2) is 8.23. The summed E-state index contributed by atoms with van der Waals surface area (Å²) in [4.78, 5) is 2.45. The molecule has 6 aromatic rings. The van der Waals surface area contributed by atoms with Crippen molar-refractivity contribution in [3.8, 4) is 11.1 Å². The molecule has 0 bridgehead atoms. The lowest BCUT2D eigenvalue weighted by molar-refractivity contribution is 0.632. The summed E-state index contributed by atoms with van der Waals surface area (Å²) in [5.41, 5.74) is 8.14. The summed E-state index contributed by atoms with van der Waals surface area (Å²) in [6, 6.07) is 43.5. The van der Waals surface area contributed by atoms with Crippen molar-refractivity contribution in [2.24, 2.45) is 0 Å². The fourth-order valence-corrected chi connectivity index (χ4v) is 6.60. The van der Waals surface area contributed by atoms with Crippen LogP contribution in [0, 0.1) is 0 Å². The maximum atomic E-state index is 6.97. The van der Waals surface area contributed by atoms with Crippen molar-refractivity contribution in [3.63, 3.8) is 0 Å². The Balaban J connectivity index is 1.65. The lowest BCUT2D eigenvalue weighted by atomic mass is 9.73. The quantitative estimate of drug-likeness (QED) is 0.231. The van der Waals surface area contributed by atoms with Gasteiger partial charge in [0.25, 0.3) is 0 Å². The minimum absolute atomic E-state index is 0.231. The van der Waals surface area contributed by atoms with Crippen LogP contribution in [0.4, 0.5) is 17.1 Å². The molecule has 178 valence electrons. The normalized spacial score (nSPS) is 14.0. The van der Waals surface area contributed by atoms with E-state index in [0.717, 1.165) is 16.3 Å². The molecule has 0 aliphatic carbocycles. The van der Waals surface area contributed by atoms with Crippen LogP contribution in [-0.2, 0) is 5.41 Å². The molecule has 0 spiro atoms. The van der Waals surface area contributed by atoms with Gasteiger partial charge in [-0.15, -0.1) is 0 Å². The van der Waals surface area contributed by atoms with E-state index in [1.807, 2.05) is 6.07 Å². The lowest BCUT2D eigenvalue weighted by Crippen LogP contribution is -2.31. The van der Waals surface area contributed by atoms with Crippen LogP contribution in [0.25, 0.3) is 32.7 Å². The van der Waals surface area contributed by atoms with Crippen LogP contribution in [0.5, 0.6) is 0 Å². The second-order valence-corrected chi connectivity index (χ2v) is 10.7. The number of benzene rings is 6. The molecule has 1 aliphatic heterocycles. The number of nitrogens with zero attached hydrogens (tertiary/aromatic N) is 1. The Bertz CT molecular complexity index is 1830. The summed E-state index contributed by atoms with van der Waals surface area (Å²) in [6.07, 6.45) is 0. The van der Waals surface area contributed by atoms with Gasteiger partial charge >= 0.3 is 0 Å². The summed E-state index contributed by atoms with van der Waals surface area (Å²) >= 11 is 6.97. The van der Waals surface area contributed by atoms with Crippen molar-refractivity contribution in [1.29, 1.82) is 0 Å². The smallest absolute Gasteiger partial charge is 0.0618 e. The molecule has 0 unspecified atom stereocenters. The van der Waals surface area contributed by atoms with Crippen molar-refractivity contribution in [3.05, 3.63) is 137 Å². The van der Waals surface area contributed by atoms with Crippen LogP contribution in [-0.4, -0.2) is 0 Å². The standard InChI is InChI=1S/C35H26ClN/c1-35(2)29-17-7-8-19-31(29)37(32-20-10-18-30(36)33(32)35)34-26-15-6-4-12-24(26)21-22-28(34)27-16-9-13-23-11-3-5-14-25(23)27/h3-22H,1-2H3. The molecule has 1 nitrogen and oxygen atoms in total. The van der Waals surface area contributed by atoms with Crippen LogP contribution in [0.15, 0.2) is 121 Å². The molecule has 1 heterocycles. The van der Waals surface area contributed by atoms with E-state index in [1.54, 1.807) is 0 Å². The van der Waals surface area contributed by atoms with Gasteiger partial charge in [0.15, 0.2) is 0 Å². The van der Waals surface area contributed by atoms with Crippen LogP contribution in [0.1, 0.15) is 25.0 Å². The van der Waals surface area contributed by atoms with Crippen LogP contribution < -0.4 is 4.90 Å². The fourth-order valence-electron chi connectivity index (χ4n) is 6.19. The van der Waals surface area contributed by atoms with Gasteiger partial charge in [0, 0.05) is 27.0 Å². The van der Waals surface area contributed by atoms with Gasteiger partial charge in [-0.2, -0.15) is 0 Å². The van der Waals surface area contributed by atoms with Gasteiger partial charge in [-0.3, -0.25) is 0 Å². The van der Waals surface area contributed by atoms with E-state index in [-0.39, 0.29) is 5.41 Å². The highest BCUT2D eigenvalue weighted by molar-refractivity contribution is 6.32. The number of anilines is 3. The molecule has 7 rings (SSSR count). The third-order valence-corrected chi connectivity index (χ3v) is 8.19. The Hall–Kier alpha value is -4.07. The molecular formula is C35H26ClN. The third kappa shape index (κ3) is 3.24. The fraction of sp³-hybridized carbons (Fsp3) is 0.0857. The first-order valence-corrected chi connectivity index (χ1v) is 13.1. The van der Waals surface area contributed by atoms with E-state index in [4.69, 9.17) is 11.6 Å². The Morgan fingerprint density at radius 3 is 2.00 bits per heavy atom. The Kier molecular flexibility index (Phi) is 4.93. The lowest BCUT2D eigenvalue weighted by Gasteiger charge is -2.43. The van der Waals surface area contributed by atoms with E-state index < -0.39 is 0 Å². The summed E-state index contributed by atoms with van der Waals surface area (Å²) in [6.45, 7) is 4.56. The average molecular weight is 496 g/mol. The zero-order chi connectivity index (χ0) is 25.1. The number of rotatable bonds is 2. The largest absolute Gasteiger partial charge is 0.309 e. The van der Waals surface area contributed by atoms with E-state index in [0.29, 0.717) is 0 Å². The Morgan fingerprint density at radius 2 is 1.16 bits per heavy atom. The van der Waals surface area contributed by atoms with Crippen molar-refractivity contribution >= 4 is 50.2 Å². The molecule has 2 heteroatoms. The predicted octanol–water partition coefficient (Wildman–Crippen LogP) is 10.4. The van der Waals surface area contributed by atoms with E-state index in [9.17, 15) is 0 Å². The van der Waals surface area contributed by atoms with Crippen LogP contribution in [0.2, 0.25) is 5.02 Å². The van der Waals surface area contributed by atoms with Gasteiger partial charge in [0.2, 0.25) is 0 Å². The zero-order valence-corrected chi connectivity index (χ0v) is 21.6. The predicted molar refractivity (Wildman–Crippen MR) is 159 cm³/mol. The molecule has 0 fully saturated rings. The van der Waals surface area contributed by atoms with Crippen molar-refractivity contribution in [2.45, 2.75) is 19.3 Å². The second-order valence-electron chi connectivity index (χ2n) is 10.3. The first-order valence-electron chi connectivity index (χ1n) is 12.7. The molecular weight excluding hydrogens is 470 g/mol. The molecule has 1 aliphatic rings. The summed E-state index contributed by atoms with van der Waals surface area (Å²) in [5.74, 6) is 0. The molecule has 0 N–H and O–H groups in total. The van der Waals surface area contributed by atoms with Crippen molar-refractivity contribution < 1.29 is 0 Å². The number of para-hydroxylation sites is 1. The minimum atomic E-state index is -0.231. The monoisotopic (exact) mass is 495 g/mol. The highest BCUT2D eigenvalue weighted by atomic mass is 35.5. The zero-order valence-electron chi connectivity index (χ0n) is 20.9. The summed E-state index contributed by atoms with van der Waals surface area (Å²) in [7, 11) is 0. The van der Waals surface area contributed by atoms with Crippen LogP contribution in [0.3, 0.4) is 0 Å². The molecule has 0 saturated carbocycles. The average Bonchev–Trinajstić information content (AvgIpc) is 2.93. The van der Waals surface area contributed by atoms with E-state index in [2.05, 4.69) is 134 Å². The van der Waals surface area contributed by atoms with Gasteiger partial charge in [-0.1, -0.05) is 129 Å². The van der Waals surface area contributed by atoms with Gasteiger partial charge in [0.1, 0.15) is 0 Å². The summed E-state index contributed by atoms with van der Waals surface area (Å²) < 4.78 is 0. The maximum Gasteiger partial charge on any atom is 0.0618 e. The molecule has 0 atom stereocenters. The molecule has 0 aromatic heterocycles. The highest BCUT2D eigenvalue weighted by Gasteiger charge is 2.39. The first kappa shape index (κ1) is 22.2. The Labute approximate surface area is 222 Å².